The fourth-order valence-electron chi connectivity index (χ4n) is 2.87. The Kier molecular flexibility index (Phi) is 10.4. The van der Waals surface area contributed by atoms with Gasteiger partial charge in [-0.3, -0.25) is 4.90 Å². The molecule has 8 heteroatoms. The highest BCUT2D eigenvalue weighted by atomic mass is 127. The molecule has 2 atom stereocenters. The van der Waals surface area contributed by atoms with E-state index >= 15 is 0 Å². The second-order valence-electron chi connectivity index (χ2n) is 7.05. The predicted molar refractivity (Wildman–Crippen MR) is 122 cm³/mol. The van der Waals surface area contributed by atoms with Crippen molar-refractivity contribution < 1.29 is 5.11 Å². The van der Waals surface area contributed by atoms with E-state index in [1.807, 2.05) is 23.8 Å². The molecule has 1 aliphatic heterocycles. The van der Waals surface area contributed by atoms with Crippen molar-refractivity contribution in [1.82, 2.24) is 20.4 Å². The van der Waals surface area contributed by atoms with Gasteiger partial charge < -0.3 is 20.6 Å². The molecule has 1 fully saturated rings. The molecule has 26 heavy (non-hydrogen) atoms. The molecule has 2 unspecified atom stereocenters. The maximum absolute atomic E-state index is 10.6. The number of piperazine rings is 1. The smallest absolute Gasteiger partial charge is 0.191 e. The predicted octanol–water partition coefficient (Wildman–Crippen LogP) is 1.76. The number of guanidine groups is 1. The molecular formula is C18H34IN5OS. The average molecular weight is 495 g/mol. The first-order valence-electron chi connectivity index (χ1n) is 9.12. The van der Waals surface area contributed by atoms with E-state index < -0.39 is 5.60 Å². The van der Waals surface area contributed by atoms with Gasteiger partial charge in [-0.1, -0.05) is 0 Å². The summed E-state index contributed by atoms with van der Waals surface area (Å²) < 4.78 is 0. The third kappa shape index (κ3) is 7.30. The summed E-state index contributed by atoms with van der Waals surface area (Å²) in [5.74, 6) is 0.763. The third-order valence-corrected chi connectivity index (χ3v) is 5.44. The number of thiophene rings is 1. The average Bonchev–Trinajstić information content (AvgIpc) is 3.13. The van der Waals surface area contributed by atoms with Crippen LogP contribution in [0.4, 0.5) is 0 Å². The van der Waals surface area contributed by atoms with E-state index in [1.165, 1.54) is 0 Å². The molecule has 150 valence electrons. The van der Waals surface area contributed by atoms with Crippen LogP contribution < -0.4 is 10.6 Å². The fourth-order valence-corrected chi connectivity index (χ4v) is 3.66. The lowest BCUT2D eigenvalue weighted by molar-refractivity contribution is 0.0677. The van der Waals surface area contributed by atoms with Gasteiger partial charge in [0, 0.05) is 45.3 Å². The molecule has 0 saturated carbocycles. The van der Waals surface area contributed by atoms with Crippen molar-refractivity contribution in [3.05, 3.63) is 22.4 Å². The number of hydrogen-bond donors (Lipinski definition) is 3. The topological polar surface area (TPSA) is 63.1 Å². The molecular weight excluding hydrogens is 461 g/mol. The molecule has 3 N–H and O–H groups in total. The van der Waals surface area contributed by atoms with E-state index in [-0.39, 0.29) is 24.0 Å². The van der Waals surface area contributed by atoms with Crippen LogP contribution >= 0.6 is 35.3 Å². The number of halogens is 1. The van der Waals surface area contributed by atoms with Crippen molar-refractivity contribution >= 4 is 41.3 Å². The number of aliphatic imine (C=N–C) groups is 1. The van der Waals surface area contributed by atoms with Crippen LogP contribution in [0.2, 0.25) is 0 Å². The minimum Gasteiger partial charge on any atom is -0.383 e. The molecule has 0 spiro atoms. The van der Waals surface area contributed by atoms with Crippen LogP contribution in [0.5, 0.6) is 0 Å². The summed E-state index contributed by atoms with van der Waals surface area (Å²) in [6.07, 6.45) is 0. The van der Waals surface area contributed by atoms with E-state index in [4.69, 9.17) is 0 Å². The molecule has 0 aromatic carbocycles. The minimum atomic E-state index is -0.939. The lowest BCUT2D eigenvalue weighted by Crippen LogP contribution is -2.52. The molecule has 6 nitrogen and oxygen atoms in total. The lowest BCUT2D eigenvalue weighted by Gasteiger charge is -2.36. The first-order chi connectivity index (χ1) is 11.9. The Morgan fingerprint density at radius 3 is 2.62 bits per heavy atom. The number of aliphatic hydroxyl groups is 1. The molecule has 1 aromatic rings. The zero-order chi connectivity index (χ0) is 18.3. The van der Waals surface area contributed by atoms with Crippen LogP contribution in [0, 0.1) is 0 Å². The van der Waals surface area contributed by atoms with E-state index in [9.17, 15) is 5.11 Å². The standard InChI is InChI=1S/C18H33N5OS.HI/c1-5-19-17(21-14-18(3,24)16-6-11-25-13-16)20-12-15(2)23-9-7-22(4)8-10-23;/h6,11,13,15,24H,5,7-10,12,14H2,1-4H3,(H2,19,20,21);1H. The number of nitrogens with one attached hydrogen (secondary N) is 2. The van der Waals surface area contributed by atoms with Crippen LogP contribution in [0.15, 0.2) is 21.8 Å². The first-order valence-corrected chi connectivity index (χ1v) is 10.1. The van der Waals surface area contributed by atoms with E-state index in [0.29, 0.717) is 12.6 Å². The van der Waals surface area contributed by atoms with Gasteiger partial charge in [0.05, 0.1) is 6.54 Å². The second-order valence-corrected chi connectivity index (χ2v) is 7.83. The molecule has 0 radical (unpaired) electrons. The van der Waals surface area contributed by atoms with Gasteiger partial charge in [0.1, 0.15) is 5.60 Å². The normalized spacial score (nSPS) is 20.1. The molecule has 1 aliphatic rings. The molecule has 0 amide bonds. The van der Waals surface area contributed by atoms with Crippen LogP contribution in [0.1, 0.15) is 26.3 Å². The Balaban J connectivity index is 0.00000338. The quantitative estimate of drug-likeness (QED) is 0.306. The van der Waals surface area contributed by atoms with Crippen molar-refractivity contribution in [2.24, 2.45) is 4.99 Å². The van der Waals surface area contributed by atoms with Gasteiger partial charge >= 0.3 is 0 Å². The zero-order valence-corrected chi connectivity index (χ0v) is 19.5. The van der Waals surface area contributed by atoms with Gasteiger partial charge in [-0.05, 0) is 50.2 Å². The highest BCUT2D eigenvalue weighted by Crippen LogP contribution is 2.23. The first kappa shape index (κ1) is 23.6. The molecule has 2 heterocycles. The van der Waals surface area contributed by atoms with Gasteiger partial charge in [0.25, 0.3) is 0 Å². The summed E-state index contributed by atoms with van der Waals surface area (Å²) in [4.78, 5) is 9.47. The number of rotatable bonds is 7. The highest BCUT2D eigenvalue weighted by Gasteiger charge is 2.23. The summed E-state index contributed by atoms with van der Waals surface area (Å²) in [6.45, 7) is 12.6. The minimum absolute atomic E-state index is 0. The van der Waals surface area contributed by atoms with Gasteiger partial charge in [0.2, 0.25) is 0 Å². The Hall–Kier alpha value is -0.420. The lowest BCUT2D eigenvalue weighted by atomic mass is 10.00. The Labute approximate surface area is 179 Å². The van der Waals surface area contributed by atoms with Crippen molar-refractivity contribution in [2.75, 3.05) is 52.9 Å². The monoisotopic (exact) mass is 495 g/mol. The van der Waals surface area contributed by atoms with Crippen molar-refractivity contribution in [3.8, 4) is 0 Å². The van der Waals surface area contributed by atoms with Crippen LogP contribution in [-0.4, -0.2) is 79.8 Å². The summed E-state index contributed by atoms with van der Waals surface area (Å²) in [6, 6.07) is 2.41. The van der Waals surface area contributed by atoms with Gasteiger partial charge in [-0.2, -0.15) is 11.3 Å². The molecule has 0 bridgehead atoms. The van der Waals surface area contributed by atoms with Crippen molar-refractivity contribution in [2.45, 2.75) is 32.4 Å². The number of hydrogen-bond acceptors (Lipinski definition) is 5. The summed E-state index contributed by atoms with van der Waals surface area (Å²) in [7, 11) is 2.18. The maximum atomic E-state index is 10.6. The highest BCUT2D eigenvalue weighted by molar-refractivity contribution is 14.0. The van der Waals surface area contributed by atoms with Crippen LogP contribution in [0.25, 0.3) is 0 Å². The summed E-state index contributed by atoms with van der Waals surface area (Å²) >= 11 is 1.59. The summed E-state index contributed by atoms with van der Waals surface area (Å²) in [5, 5.41) is 21.3. The summed E-state index contributed by atoms with van der Waals surface area (Å²) in [5.41, 5.74) is -0.0197. The Morgan fingerprint density at radius 2 is 2.04 bits per heavy atom. The largest absolute Gasteiger partial charge is 0.383 e. The molecule has 1 aromatic heterocycles. The van der Waals surface area contributed by atoms with E-state index in [2.05, 4.69) is 46.3 Å². The second kappa shape index (κ2) is 11.4. The fraction of sp³-hybridized carbons (Fsp3) is 0.722. The Bertz CT molecular complexity index is 530. The van der Waals surface area contributed by atoms with Crippen molar-refractivity contribution in [1.29, 1.82) is 0 Å². The zero-order valence-electron chi connectivity index (χ0n) is 16.4. The van der Waals surface area contributed by atoms with Crippen LogP contribution in [-0.2, 0) is 5.60 Å². The molecule has 0 aliphatic carbocycles. The van der Waals surface area contributed by atoms with Crippen molar-refractivity contribution in [3.63, 3.8) is 0 Å². The number of nitrogens with zero attached hydrogens (tertiary/aromatic N) is 3. The Morgan fingerprint density at radius 1 is 1.35 bits per heavy atom. The maximum Gasteiger partial charge on any atom is 0.191 e. The third-order valence-electron chi connectivity index (χ3n) is 4.76. The van der Waals surface area contributed by atoms with E-state index in [0.717, 1.165) is 50.8 Å². The van der Waals surface area contributed by atoms with Gasteiger partial charge in [-0.15, -0.1) is 24.0 Å². The molecule has 1 saturated heterocycles. The molecule has 2 rings (SSSR count). The SMILES string of the molecule is CCNC(=NCC(C)(O)c1ccsc1)NCC(C)N1CCN(C)CC1.I. The van der Waals surface area contributed by atoms with Gasteiger partial charge in [-0.25, -0.2) is 4.99 Å². The number of likely N-dealkylation sites (N-methyl/N-ethyl adjacent to an activating group) is 1. The van der Waals surface area contributed by atoms with Crippen LogP contribution in [0.3, 0.4) is 0 Å². The van der Waals surface area contributed by atoms with Gasteiger partial charge in [0.15, 0.2) is 5.96 Å². The van der Waals surface area contributed by atoms with E-state index in [1.54, 1.807) is 11.3 Å².